The van der Waals surface area contributed by atoms with Gasteiger partial charge in [-0.1, -0.05) is 0 Å². The Balaban J connectivity index is 0.000000271. The summed E-state index contributed by atoms with van der Waals surface area (Å²) in [6.07, 6.45) is 2.12. The lowest BCUT2D eigenvalue weighted by atomic mass is 10.2. The molecule has 1 aromatic heterocycles. The Morgan fingerprint density at radius 3 is 2.56 bits per heavy atom. The second-order valence-electron chi connectivity index (χ2n) is 7.50. The number of nitrogen functional groups attached to an aromatic ring is 1. The minimum Gasteiger partial charge on any atom is -0.442 e. The van der Waals surface area contributed by atoms with Gasteiger partial charge in [0, 0.05) is 49.5 Å². The van der Waals surface area contributed by atoms with Crippen molar-refractivity contribution in [3.63, 3.8) is 0 Å². The molecule has 2 aliphatic rings. The van der Waals surface area contributed by atoms with Crippen LogP contribution in [0.5, 0.6) is 0 Å². The molecule has 2 aliphatic heterocycles. The van der Waals surface area contributed by atoms with Crippen LogP contribution in [0.25, 0.3) is 0 Å². The van der Waals surface area contributed by atoms with Crippen molar-refractivity contribution >= 4 is 41.0 Å². The smallest absolute Gasteiger partial charge is 0.414 e. The van der Waals surface area contributed by atoms with Gasteiger partial charge in [-0.2, -0.15) is 11.8 Å². The Hall–Kier alpha value is -3.38. The summed E-state index contributed by atoms with van der Waals surface area (Å²) in [4.78, 5) is 40.8. The van der Waals surface area contributed by atoms with E-state index in [0.717, 1.165) is 24.6 Å². The second-order valence-corrected chi connectivity index (χ2v) is 8.72. The van der Waals surface area contributed by atoms with Gasteiger partial charge in [-0.15, -0.1) is 0 Å². The van der Waals surface area contributed by atoms with Crippen molar-refractivity contribution in [2.75, 3.05) is 47.5 Å². The molecule has 1 aromatic carbocycles. The third kappa shape index (κ3) is 6.81. The van der Waals surface area contributed by atoms with E-state index in [1.54, 1.807) is 24.3 Å². The van der Waals surface area contributed by atoms with Gasteiger partial charge in [-0.05, 0) is 30.3 Å². The first-order valence-electron chi connectivity index (χ1n) is 10.6. The van der Waals surface area contributed by atoms with Crippen molar-refractivity contribution in [2.45, 2.75) is 13.0 Å². The van der Waals surface area contributed by atoms with Gasteiger partial charge in [0.1, 0.15) is 11.9 Å². The zero-order valence-electron chi connectivity index (χ0n) is 18.7. The van der Waals surface area contributed by atoms with Crippen molar-refractivity contribution in [3.05, 3.63) is 54.1 Å². The summed E-state index contributed by atoms with van der Waals surface area (Å²) < 4.78 is 19.7. The molecule has 0 aliphatic carbocycles. The molecule has 4 rings (SSSR count). The lowest BCUT2D eigenvalue weighted by Gasteiger charge is -2.29. The van der Waals surface area contributed by atoms with E-state index in [2.05, 4.69) is 10.3 Å². The number of hydrazine groups is 1. The molecule has 1 atom stereocenters. The normalized spacial score (nSPS) is 17.4. The third-order valence-corrected chi connectivity index (χ3v) is 6.06. The number of thioether (sulfide) groups is 1. The predicted octanol–water partition coefficient (Wildman–Crippen LogP) is 1.53. The molecule has 2 saturated heterocycles. The first-order valence-corrected chi connectivity index (χ1v) is 11.8. The van der Waals surface area contributed by atoms with Crippen LogP contribution in [0.1, 0.15) is 17.3 Å². The van der Waals surface area contributed by atoms with Gasteiger partial charge in [0.25, 0.3) is 5.91 Å². The molecule has 0 bridgehead atoms. The molecule has 4 N–H and O–H groups in total. The largest absolute Gasteiger partial charge is 0.442 e. The van der Waals surface area contributed by atoms with Crippen LogP contribution in [-0.4, -0.2) is 66.7 Å². The summed E-state index contributed by atoms with van der Waals surface area (Å²) in [6, 6.07) is 8.00. The number of nitrogens with one attached hydrogen (secondary N) is 2. The number of carbonyl (C=O) groups is 3. The zero-order chi connectivity index (χ0) is 24.5. The quantitative estimate of drug-likeness (QED) is 0.327. The van der Waals surface area contributed by atoms with Crippen LogP contribution in [0.3, 0.4) is 0 Å². The zero-order valence-corrected chi connectivity index (χ0v) is 19.5. The minimum atomic E-state index is -0.521. The Kier molecular flexibility index (Phi) is 9.05. The molecular weight excluding hydrogens is 463 g/mol. The maximum atomic E-state index is 14.5. The van der Waals surface area contributed by atoms with Crippen molar-refractivity contribution in [1.29, 1.82) is 0 Å². The second kappa shape index (κ2) is 12.2. The number of nitrogens with two attached hydrogens (primary N) is 1. The minimum absolute atomic E-state index is 0.181. The lowest BCUT2D eigenvalue weighted by Crippen LogP contribution is -2.34. The molecule has 12 heteroatoms. The molecule has 3 heterocycles. The summed E-state index contributed by atoms with van der Waals surface area (Å²) in [5, 5.41) is 2.62. The Bertz CT molecular complexity index is 1010. The first-order chi connectivity index (χ1) is 16.4. The van der Waals surface area contributed by atoms with Gasteiger partial charge in [0.2, 0.25) is 5.91 Å². The van der Waals surface area contributed by atoms with E-state index in [9.17, 15) is 18.8 Å². The van der Waals surface area contributed by atoms with Crippen LogP contribution in [-0.2, 0) is 9.53 Å². The highest BCUT2D eigenvalue weighted by Gasteiger charge is 2.33. The number of anilines is 2. The molecule has 2 fully saturated rings. The standard InChI is InChI=1S/C16H20FN3O3S.C6H7N3O/c1-11(21)18-9-13-10-20(16(22)23-13)12-2-3-15(14(17)8-12)19-4-6-24-7-5-19;7-9-6(10)5-1-3-8-4-2-5/h2-3,8,13H,4-7,9-10H2,1H3,(H,18,21);1-4H,7H2,(H,9,10)/t13-;/m0./s1. The summed E-state index contributed by atoms with van der Waals surface area (Å²) in [6.45, 7) is 3.60. The number of amides is 3. The topological polar surface area (TPSA) is 130 Å². The van der Waals surface area contributed by atoms with Gasteiger partial charge >= 0.3 is 6.09 Å². The van der Waals surface area contributed by atoms with Crippen LogP contribution in [0.15, 0.2) is 42.7 Å². The van der Waals surface area contributed by atoms with Gasteiger partial charge in [0.05, 0.1) is 24.5 Å². The maximum absolute atomic E-state index is 14.5. The Morgan fingerprint density at radius 2 is 1.94 bits per heavy atom. The number of benzene rings is 1. The predicted molar refractivity (Wildman–Crippen MR) is 128 cm³/mol. The number of carbonyl (C=O) groups excluding carboxylic acids is 3. The van der Waals surface area contributed by atoms with Crippen molar-refractivity contribution in [2.24, 2.45) is 5.84 Å². The number of rotatable bonds is 5. The molecule has 2 aromatic rings. The maximum Gasteiger partial charge on any atom is 0.414 e. The SMILES string of the molecule is CC(=O)NC[C@H]1CN(c2ccc(N3CCSCC3)c(F)c2)C(=O)O1.NNC(=O)c1ccncc1. The summed E-state index contributed by atoms with van der Waals surface area (Å²) in [5.41, 5.74) is 3.57. The number of halogens is 1. The van der Waals surface area contributed by atoms with E-state index >= 15 is 0 Å². The van der Waals surface area contributed by atoms with Crippen LogP contribution >= 0.6 is 11.8 Å². The van der Waals surface area contributed by atoms with Gasteiger partial charge in [0.15, 0.2) is 0 Å². The number of nitrogens with zero attached hydrogens (tertiary/aromatic N) is 3. The van der Waals surface area contributed by atoms with E-state index in [4.69, 9.17) is 10.6 Å². The van der Waals surface area contributed by atoms with Crippen molar-refractivity contribution in [3.8, 4) is 0 Å². The highest BCUT2D eigenvalue weighted by molar-refractivity contribution is 7.99. The lowest BCUT2D eigenvalue weighted by molar-refractivity contribution is -0.119. The van der Waals surface area contributed by atoms with Crippen LogP contribution < -0.4 is 26.4 Å². The van der Waals surface area contributed by atoms with Gasteiger partial charge < -0.3 is 15.0 Å². The fourth-order valence-electron chi connectivity index (χ4n) is 3.41. The van der Waals surface area contributed by atoms with Crippen molar-refractivity contribution < 1.29 is 23.5 Å². The van der Waals surface area contributed by atoms with E-state index < -0.39 is 12.2 Å². The molecular formula is C22H27FN6O4S. The molecule has 0 spiro atoms. The summed E-state index contributed by atoms with van der Waals surface area (Å²) in [7, 11) is 0. The van der Waals surface area contributed by atoms with Gasteiger partial charge in [-0.25, -0.2) is 15.0 Å². The fraction of sp³-hybridized carbons (Fsp3) is 0.364. The molecule has 0 radical (unpaired) electrons. The van der Waals surface area contributed by atoms with Crippen LogP contribution in [0.4, 0.5) is 20.6 Å². The van der Waals surface area contributed by atoms with E-state index in [-0.39, 0.29) is 30.7 Å². The number of ether oxygens (including phenoxy) is 1. The third-order valence-electron chi connectivity index (χ3n) is 5.12. The highest BCUT2D eigenvalue weighted by atomic mass is 32.2. The van der Waals surface area contributed by atoms with E-state index in [1.165, 1.54) is 30.3 Å². The van der Waals surface area contributed by atoms with E-state index in [1.807, 2.05) is 22.1 Å². The molecule has 0 saturated carbocycles. The van der Waals surface area contributed by atoms with Gasteiger partial charge in [-0.3, -0.25) is 24.9 Å². The summed E-state index contributed by atoms with van der Waals surface area (Å²) in [5.74, 6) is 6.05. The average Bonchev–Trinajstić information content (AvgIpc) is 3.24. The number of hydrogen-bond acceptors (Lipinski definition) is 8. The molecule has 3 amide bonds. The van der Waals surface area contributed by atoms with Crippen LogP contribution in [0, 0.1) is 5.82 Å². The fourth-order valence-corrected chi connectivity index (χ4v) is 4.31. The Labute approximate surface area is 201 Å². The molecule has 0 unspecified atom stereocenters. The molecule has 34 heavy (non-hydrogen) atoms. The molecule has 10 nitrogen and oxygen atoms in total. The average molecular weight is 491 g/mol. The molecule has 182 valence electrons. The number of cyclic esters (lactones) is 1. The highest BCUT2D eigenvalue weighted by Crippen LogP contribution is 2.29. The van der Waals surface area contributed by atoms with Crippen molar-refractivity contribution in [1.82, 2.24) is 15.7 Å². The van der Waals surface area contributed by atoms with Crippen LogP contribution in [0.2, 0.25) is 0 Å². The number of hydrogen-bond donors (Lipinski definition) is 3. The number of pyridine rings is 1. The first kappa shape index (κ1) is 25.2. The number of aromatic nitrogens is 1. The monoisotopic (exact) mass is 490 g/mol. The Morgan fingerprint density at radius 1 is 1.24 bits per heavy atom. The van der Waals surface area contributed by atoms with E-state index in [0.29, 0.717) is 16.9 Å². The summed E-state index contributed by atoms with van der Waals surface area (Å²) >= 11 is 1.87.